The van der Waals surface area contributed by atoms with Crippen LogP contribution >= 0.6 is 0 Å². The van der Waals surface area contributed by atoms with Crippen molar-refractivity contribution < 1.29 is 14.1 Å². The van der Waals surface area contributed by atoms with Gasteiger partial charge in [0.15, 0.2) is 0 Å². The van der Waals surface area contributed by atoms with E-state index < -0.39 is 11.4 Å². The van der Waals surface area contributed by atoms with Crippen LogP contribution in [0.25, 0.3) is 0 Å². The van der Waals surface area contributed by atoms with Crippen molar-refractivity contribution in [1.29, 1.82) is 0 Å². The number of nitrogens with one attached hydrogen (secondary N) is 2. The zero-order valence-electron chi connectivity index (χ0n) is 19.8. The number of hydrogen-bond acceptors (Lipinski definition) is 5. The second-order valence-electron chi connectivity index (χ2n) is 9.78. The predicted molar refractivity (Wildman–Crippen MR) is 124 cm³/mol. The highest BCUT2D eigenvalue weighted by Crippen LogP contribution is 2.27. The zero-order valence-corrected chi connectivity index (χ0v) is 20.6. The number of morpholine rings is 1. The van der Waals surface area contributed by atoms with Crippen LogP contribution < -0.4 is 10.0 Å². The highest BCUT2D eigenvalue weighted by atomic mass is 32.2. The van der Waals surface area contributed by atoms with Crippen molar-refractivity contribution in [3.8, 4) is 0 Å². The van der Waals surface area contributed by atoms with E-state index in [1.165, 1.54) is 11.3 Å². The van der Waals surface area contributed by atoms with Crippen molar-refractivity contribution in [2.24, 2.45) is 5.92 Å². The summed E-state index contributed by atoms with van der Waals surface area (Å²) in [6.45, 7) is 16.8. The van der Waals surface area contributed by atoms with Gasteiger partial charge in [0.1, 0.15) is 4.75 Å². The quantitative estimate of drug-likeness (QED) is 0.448. The first kappa shape index (κ1) is 25.2. The van der Waals surface area contributed by atoms with Gasteiger partial charge in [0.2, 0.25) is 5.91 Å². The minimum atomic E-state index is -1.05. The third-order valence-electron chi connectivity index (χ3n) is 5.55. The molecule has 0 saturated carbocycles. The van der Waals surface area contributed by atoms with Crippen molar-refractivity contribution >= 4 is 17.3 Å². The Hall–Kier alpha value is -1.02. The second kappa shape index (κ2) is 11.0. The van der Waals surface area contributed by atoms with Crippen molar-refractivity contribution in [1.82, 2.24) is 14.9 Å². The second-order valence-corrected chi connectivity index (χ2v) is 11.8. The van der Waals surface area contributed by atoms with Crippen LogP contribution in [0.2, 0.25) is 0 Å². The number of unbranched alkanes of at least 4 members (excludes halogenated alkanes) is 1. The lowest BCUT2D eigenvalue weighted by molar-refractivity contribution is -0.121. The number of ether oxygens (including phenoxy) is 1. The lowest BCUT2D eigenvalue weighted by Gasteiger charge is -2.40. The van der Waals surface area contributed by atoms with Gasteiger partial charge >= 0.3 is 0 Å². The fourth-order valence-electron chi connectivity index (χ4n) is 4.02. The van der Waals surface area contributed by atoms with Gasteiger partial charge in [0.05, 0.1) is 18.2 Å². The number of nitrogens with zero attached hydrogens (tertiary/aromatic N) is 1. The molecule has 2 rings (SSSR count). The van der Waals surface area contributed by atoms with Gasteiger partial charge in [-0.25, -0.2) is 0 Å². The van der Waals surface area contributed by atoms with Crippen LogP contribution in [0.5, 0.6) is 0 Å². The van der Waals surface area contributed by atoms with Gasteiger partial charge in [-0.1, -0.05) is 13.0 Å². The molecule has 1 aliphatic carbocycles. The zero-order chi connectivity index (χ0) is 22.5. The summed E-state index contributed by atoms with van der Waals surface area (Å²) in [5.41, 5.74) is 2.44. The maximum Gasteiger partial charge on any atom is 0.220 e. The van der Waals surface area contributed by atoms with Gasteiger partial charge < -0.3 is 19.5 Å². The van der Waals surface area contributed by atoms with Crippen LogP contribution in [0.4, 0.5) is 0 Å². The van der Waals surface area contributed by atoms with Crippen LogP contribution in [0, 0.1) is 5.92 Å². The molecule has 1 heterocycles. The lowest BCUT2D eigenvalue weighted by Crippen LogP contribution is -2.46. The number of hydrogen-bond donors (Lipinski definition) is 2. The molecule has 4 unspecified atom stereocenters. The maximum absolute atomic E-state index is 12.5. The standard InChI is InChI=1S/C23H41N3O3S/c1-16-12-20(26-14-18(3)29-19(4)15-26)13-17(2)22(16)25-21(27)10-8-9-11-24-30(28)23(5,6)7/h12-13,16,18-19,22,24H,8-11,14-15H2,1-7H3,(H,25,27)/t16?,18?,19?,22-,30?/m1/s1. The minimum absolute atomic E-state index is 0.0451. The summed E-state index contributed by atoms with van der Waals surface area (Å²) in [7, 11) is 0. The Morgan fingerprint density at radius 3 is 2.43 bits per heavy atom. The molecule has 30 heavy (non-hydrogen) atoms. The van der Waals surface area contributed by atoms with Gasteiger partial charge in [0, 0.05) is 49.0 Å². The molecule has 0 aromatic carbocycles. The molecule has 1 saturated heterocycles. The molecule has 6 nitrogen and oxygen atoms in total. The molecule has 2 N–H and O–H groups in total. The Kier molecular flexibility index (Phi) is 9.28. The Morgan fingerprint density at radius 1 is 1.23 bits per heavy atom. The largest absolute Gasteiger partial charge is 0.598 e. The molecule has 0 aromatic heterocycles. The predicted octanol–water partition coefficient (Wildman–Crippen LogP) is 3.28. The molecule has 5 atom stereocenters. The summed E-state index contributed by atoms with van der Waals surface area (Å²) >= 11 is -1.05. The smallest absolute Gasteiger partial charge is 0.220 e. The van der Waals surface area contributed by atoms with E-state index in [0.29, 0.717) is 13.0 Å². The lowest BCUT2D eigenvalue weighted by atomic mass is 9.88. The summed E-state index contributed by atoms with van der Waals surface area (Å²) in [6.07, 6.45) is 7.06. The van der Waals surface area contributed by atoms with Crippen LogP contribution in [-0.4, -0.2) is 58.0 Å². The van der Waals surface area contributed by atoms with Crippen molar-refractivity contribution in [2.75, 3.05) is 19.6 Å². The van der Waals surface area contributed by atoms with E-state index in [9.17, 15) is 9.35 Å². The molecule has 1 aliphatic heterocycles. The number of allylic oxidation sites excluding steroid dienone is 1. The summed E-state index contributed by atoms with van der Waals surface area (Å²) in [4.78, 5) is 14.9. The Labute approximate surface area is 186 Å². The first-order valence-electron chi connectivity index (χ1n) is 11.2. The number of rotatable bonds is 8. The topological polar surface area (TPSA) is 76.7 Å². The van der Waals surface area contributed by atoms with Gasteiger partial charge in [-0.15, -0.1) is 4.72 Å². The molecule has 1 fully saturated rings. The molecule has 1 amide bonds. The first-order valence-corrected chi connectivity index (χ1v) is 12.4. The van der Waals surface area contributed by atoms with Crippen LogP contribution in [0.3, 0.4) is 0 Å². The number of carbonyl (C=O) groups is 1. The fraction of sp³-hybridized carbons (Fsp3) is 0.783. The maximum atomic E-state index is 12.5. The van der Waals surface area contributed by atoms with Crippen LogP contribution in [0.1, 0.15) is 67.7 Å². The fourth-order valence-corrected chi connectivity index (χ4v) is 4.78. The van der Waals surface area contributed by atoms with E-state index in [-0.39, 0.29) is 34.8 Å². The van der Waals surface area contributed by atoms with E-state index in [1.807, 2.05) is 20.8 Å². The van der Waals surface area contributed by atoms with Gasteiger partial charge in [-0.3, -0.25) is 4.79 Å². The first-order chi connectivity index (χ1) is 14.0. The van der Waals surface area contributed by atoms with Gasteiger partial charge in [0.25, 0.3) is 0 Å². The summed E-state index contributed by atoms with van der Waals surface area (Å²) in [5, 5.41) is 3.21. The third-order valence-corrected chi connectivity index (χ3v) is 7.13. The monoisotopic (exact) mass is 439 g/mol. The van der Waals surface area contributed by atoms with Crippen molar-refractivity contribution in [3.05, 3.63) is 23.4 Å². The molecule has 172 valence electrons. The molecule has 0 bridgehead atoms. The normalized spacial score (nSPS) is 28.6. The average molecular weight is 440 g/mol. The summed E-state index contributed by atoms with van der Waals surface area (Å²) in [6, 6.07) is 0.0451. The van der Waals surface area contributed by atoms with E-state index in [4.69, 9.17) is 4.74 Å². The number of amides is 1. The van der Waals surface area contributed by atoms with E-state index >= 15 is 0 Å². The van der Waals surface area contributed by atoms with Crippen LogP contribution in [0.15, 0.2) is 23.4 Å². The molecule has 2 aliphatic rings. The average Bonchev–Trinajstić information content (AvgIpc) is 2.62. The Balaban J connectivity index is 1.77. The molecular weight excluding hydrogens is 398 g/mol. The Morgan fingerprint density at radius 2 is 1.87 bits per heavy atom. The van der Waals surface area contributed by atoms with Gasteiger partial charge in [-0.05, 0) is 66.0 Å². The van der Waals surface area contributed by atoms with E-state index in [1.54, 1.807) is 0 Å². The SMILES string of the molecule is CC1=CC(N2CC(C)OC(C)C2)=CC(C)[C@H]1NC(=O)CCCCN[S+]([O-])C(C)(C)C. The van der Waals surface area contributed by atoms with E-state index in [0.717, 1.165) is 25.9 Å². The van der Waals surface area contributed by atoms with Crippen LogP contribution in [-0.2, 0) is 20.9 Å². The van der Waals surface area contributed by atoms with Crippen molar-refractivity contribution in [3.63, 3.8) is 0 Å². The van der Waals surface area contributed by atoms with E-state index in [2.05, 4.69) is 54.8 Å². The molecule has 7 heteroatoms. The minimum Gasteiger partial charge on any atom is -0.598 e. The van der Waals surface area contributed by atoms with Gasteiger partial charge in [-0.2, -0.15) is 0 Å². The number of carbonyl (C=O) groups excluding carboxylic acids is 1. The molecule has 0 spiro atoms. The Bertz CT molecular complexity index is 634. The highest BCUT2D eigenvalue weighted by molar-refractivity contribution is 7.90. The molecule has 0 radical (unpaired) electrons. The highest BCUT2D eigenvalue weighted by Gasteiger charge is 2.29. The molecule has 0 aromatic rings. The molecular formula is C23H41N3O3S. The summed E-state index contributed by atoms with van der Waals surface area (Å²) < 4.78 is 20.6. The third kappa shape index (κ3) is 7.59. The van der Waals surface area contributed by atoms with Crippen molar-refractivity contribution in [2.45, 2.75) is 90.7 Å². The summed E-state index contributed by atoms with van der Waals surface area (Å²) in [5.74, 6) is 0.334.